The van der Waals surface area contributed by atoms with Gasteiger partial charge in [0.05, 0.1) is 18.3 Å². The van der Waals surface area contributed by atoms with Crippen LogP contribution in [0.4, 0.5) is 0 Å². The average Bonchev–Trinajstić information content (AvgIpc) is 3.23. The van der Waals surface area contributed by atoms with E-state index in [0.29, 0.717) is 12.1 Å². The molecule has 1 heterocycles. The van der Waals surface area contributed by atoms with E-state index in [1.54, 1.807) is 6.92 Å². The third kappa shape index (κ3) is 4.15. The van der Waals surface area contributed by atoms with E-state index in [4.69, 9.17) is 0 Å². The summed E-state index contributed by atoms with van der Waals surface area (Å²) in [5, 5.41) is 24.7. The minimum absolute atomic E-state index is 0.137. The first-order chi connectivity index (χ1) is 12.6. The molecule has 0 unspecified atom stereocenters. The predicted octanol–water partition coefficient (Wildman–Crippen LogP) is 0.350. The second-order valence-corrected chi connectivity index (χ2v) is 6.27. The van der Waals surface area contributed by atoms with Crippen molar-refractivity contribution < 1.29 is 14.7 Å². The fourth-order valence-corrected chi connectivity index (χ4v) is 2.88. The van der Waals surface area contributed by atoms with Gasteiger partial charge in [0.25, 0.3) is 5.91 Å². The van der Waals surface area contributed by atoms with Crippen LogP contribution in [0.15, 0.2) is 29.8 Å². The Hall–Kier alpha value is -3.00. The number of aliphatic hydroxyl groups excluding tert-OH is 1. The normalized spacial score (nSPS) is 13.7. The van der Waals surface area contributed by atoms with Crippen molar-refractivity contribution >= 4 is 17.9 Å². The number of nitrogens with zero attached hydrogens (tertiary/aromatic N) is 2. The topological polar surface area (TPSA) is 120 Å². The average molecular weight is 355 g/mol. The van der Waals surface area contributed by atoms with Gasteiger partial charge >= 0.3 is 0 Å². The summed E-state index contributed by atoms with van der Waals surface area (Å²) < 4.78 is 0. The van der Waals surface area contributed by atoms with Gasteiger partial charge in [0.2, 0.25) is 5.91 Å². The molecule has 0 saturated heterocycles. The van der Waals surface area contributed by atoms with Crippen LogP contribution < -0.4 is 10.6 Å². The highest BCUT2D eigenvalue weighted by Crippen LogP contribution is 2.26. The van der Waals surface area contributed by atoms with Crippen molar-refractivity contribution in [3.8, 4) is 0 Å². The molecule has 0 bridgehead atoms. The molecule has 0 saturated carbocycles. The van der Waals surface area contributed by atoms with Crippen LogP contribution in [0.3, 0.4) is 0 Å². The molecule has 1 aliphatic rings. The van der Waals surface area contributed by atoms with Crippen LogP contribution in [-0.2, 0) is 11.2 Å². The summed E-state index contributed by atoms with van der Waals surface area (Å²) in [5.74, 6) is -0.590. The Labute approximate surface area is 150 Å². The maximum atomic E-state index is 12.2. The monoisotopic (exact) mass is 355 g/mol. The standard InChI is InChI=1S/C18H21N5O3/c1-11-17(22-23-21-11)18(26)20-15(10-24)9-19-16(25)8-12-6-13-4-2-3-5-14(13)7-12/h2-6,15,24H,7-10H2,1H3,(H,19,25)(H,20,26)(H,21,22,23)/t15-/m1/s1. The minimum atomic E-state index is -0.600. The van der Waals surface area contributed by atoms with Gasteiger partial charge in [0.15, 0.2) is 5.69 Å². The molecule has 0 radical (unpaired) electrons. The molecule has 1 aromatic carbocycles. The smallest absolute Gasteiger partial charge is 0.274 e. The van der Waals surface area contributed by atoms with Crippen molar-refractivity contribution in [2.24, 2.45) is 0 Å². The zero-order chi connectivity index (χ0) is 18.5. The predicted molar refractivity (Wildman–Crippen MR) is 95.2 cm³/mol. The number of nitrogens with one attached hydrogen (secondary N) is 3. The van der Waals surface area contributed by atoms with Gasteiger partial charge in [-0.3, -0.25) is 9.59 Å². The van der Waals surface area contributed by atoms with Crippen molar-refractivity contribution in [2.75, 3.05) is 13.2 Å². The Kier molecular flexibility index (Phi) is 5.43. The van der Waals surface area contributed by atoms with Crippen LogP contribution in [0, 0.1) is 6.92 Å². The van der Waals surface area contributed by atoms with Crippen LogP contribution in [0.25, 0.3) is 6.08 Å². The van der Waals surface area contributed by atoms with Gasteiger partial charge in [-0.15, -0.1) is 0 Å². The summed E-state index contributed by atoms with van der Waals surface area (Å²) in [5.41, 5.74) is 4.06. The van der Waals surface area contributed by atoms with E-state index in [1.165, 1.54) is 5.56 Å². The maximum Gasteiger partial charge on any atom is 0.274 e. The number of benzene rings is 1. The maximum absolute atomic E-state index is 12.2. The van der Waals surface area contributed by atoms with Crippen molar-refractivity contribution in [1.82, 2.24) is 26.0 Å². The molecule has 0 fully saturated rings. The van der Waals surface area contributed by atoms with Crippen LogP contribution in [0.2, 0.25) is 0 Å². The number of aliphatic hydroxyl groups is 1. The Morgan fingerprint density at radius 2 is 2.12 bits per heavy atom. The Bertz CT molecular complexity index is 843. The van der Waals surface area contributed by atoms with E-state index >= 15 is 0 Å². The molecule has 0 spiro atoms. The highest BCUT2D eigenvalue weighted by atomic mass is 16.3. The second-order valence-electron chi connectivity index (χ2n) is 6.27. The molecule has 2 amide bonds. The zero-order valence-electron chi connectivity index (χ0n) is 14.5. The highest BCUT2D eigenvalue weighted by Gasteiger charge is 2.19. The lowest BCUT2D eigenvalue weighted by atomic mass is 10.1. The van der Waals surface area contributed by atoms with E-state index in [1.807, 2.05) is 24.3 Å². The number of hydrogen-bond donors (Lipinski definition) is 4. The zero-order valence-corrected chi connectivity index (χ0v) is 14.5. The quantitative estimate of drug-likeness (QED) is 0.571. The van der Waals surface area contributed by atoms with Crippen molar-refractivity contribution in [3.63, 3.8) is 0 Å². The number of amides is 2. The number of carbonyl (C=O) groups excluding carboxylic acids is 2. The molecule has 0 aliphatic heterocycles. The van der Waals surface area contributed by atoms with Crippen LogP contribution in [0.1, 0.15) is 33.7 Å². The SMILES string of the molecule is Cc1n[nH]nc1C(=O)N[C@@H](CO)CNC(=O)CC1=Cc2ccccc2C1. The van der Waals surface area contributed by atoms with Gasteiger partial charge in [-0.05, 0) is 24.5 Å². The van der Waals surface area contributed by atoms with Gasteiger partial charge < -0.3 is 15.7 Å². The Morgan fingerprint density at radius 1 is 1.31 bits per heavy atom. The van der Waals surface area contributed by atoms with E-state index in [-0.39, 0.29) is 24.8 Å². The summed E-state index contributed by atoms with van der Waals surface area (Å²) in [6.45, 7) is 1.50. The lowest BCUT2D eigenvalue weighted by Crippen LogP contribution is -2.46. The van der Waals surface area contributed by atoms with Crippen molar-refractivity contribution in [2.45, 2.75) is 25.8 Å². The Morgan fingerprint density at radius 3 is 2.81 bits per heavy atom. The molecular formula is C18H21N5O3. The number of carbonyl (C=O) groups is 2. The molecule has 1 atom stereocenters. The van der Waals surface area contributed by atoms with Crippen molar-refractivity contribution in [3.05, 3.63) is 52.4 Å². The second kappa shape index (κ2) is 7.92. The lowest BCUT2D eigenvalue weighted by Gasteiger charge is -2.16. The van der Waals surface area contributed by atoms with Gasteiger partial charge in [-0.2, -0.15) is 15.4 Å². The van der Waals surface area contributed by atoms with Crippen LogP contribution in [-0.4, -0.2) is 51.5 Å². The molecule has 8 heteroatoms. The minimum Gasteiger partial charge on any atom is -0.394 e. The number of aromatic amines is 1. The molecule has 3 rings (SSSR count). The number of hydrogen-bond acceptors (Lipinski definition) is 5. The number of aryl methyl sites for hydroxylation is 1. The molecular weight excluding hydrogens is 334 g/mol. The number of H-pyrrole nitrogens is 1. The van der Waals surface area contributed by atoms with Crippen LogP contribution >= 0.6 is 0 Å². The Balaban J connectivity index is 1.47. The summed E-state index contributed by atoms with van der Waals surface area (Å²) in [4.78, 5) is 24.2. The third-order valence-electron chi connectivity index (χ3n) is 4.26. The van der Waals surface area contributed by atoms with E-state index in [0.717, 1.165) is 17.6 Å². The van der Waals surface area contributed by atoms with Crippen molar-refractivity contribution in [1.29, 1.82) is 0 Å². The highest BCUT2D eigenvalue weighted by molar-refractivity contribution is 5.93. The first-order valence-corrected chi connectivity index (χ1v) is 8.40. The van der Waals surface area contributed by atoms with Gasteiger partial charge in [-0.1, -0.05) is 35.9 Å². The molecule has 8 nitrogen and oxygen atoms in total. The molecule has 136 valence electrons. The summed E-state index contributed by atoms with van der Waals surface area (Å²) >= 11 is 0. The third-order valence-corrected chi connectivity index (χ3v) is 4.26. The largest absolute Gasteiger partial charge is 0.394 e. The fraction of sp³-hybridized carbons (Fsp3) is 0.333. The molecule has 26 heavy (non-hydrogen) atoms. The van der Waals surface area contributed by atoms with Gasteiger partial charge in [-0.25, -0.2) is 0 Å². The van der Waals surface area contributed by atoms with Crippen LogP contribution in [0.5, 0.6) is 0 Å². The molecule has 1 aromatic heterocycles. The summed E-state index contributed by atoms with van der Waals surface area (Å²) in [6.07, 6.45) is 3.10. The van der Waals surface area contributed by atoms with Gasteiger partial charge in [0, 0.05) is 13.0 Å². The summed E-state index contributed by atoms with van der Waals surface area (Å²) in [7, 11) is 0. The molecule has 4 N–H and O–H groups in total. The van der Waals surface area contributed by atoms with Gasteiger partial charge in [0.1, 0.15) is 0 Å². The lowest BCUT2D eigenvalue weighted by molar-refractivity contribution is -0.120. The number of fused-ring (bicyclic) bond motifs is 1. The fourth-order valence-electron chi connectivity index (χ4n) is 2.88. The molecule has 1 aliphatic carbocycles. The van der Waals surface area contributed by atoms with E-state index in [2.05, 4.69) is 32.1 Å². The summed E-state index contributed by atoms with van der Waals surface area (Å²) in [6, 6.07) is 7.45. The first-order valence-electron chi connectivity index (χ1n) is 8.40. The number of aromatic nitrogens is 3. The van der Waals surface area contributed by atoms with E-state index in [9.17, 15) is 14.7 Å². The van der Waals surface area contributed by atoms with E-state index < -0.39 is 11.9 Å². The molecule has 2 aromatic rings. The first kappa shape index (κ1) is 17.8. The number of rotatable bonds is 7.